The Balaban J connectivity index is 1.77. The second-order valence-electron chi connectivity index (χ2n) is 10.3. The van der Waals surface area contributed by atoms with Crippen LogP contribution in [0.5, 0.6) is 0 Å². The summed E-state index contributed by atoms with van der Waals surface area (Å²) in [6, 6.07) is 17.6. The lowest BCUT2D eigenvalue weighted by Crippen LogP contribution is -2.54. The zero-order chi connectivity index (χ0) is 30.4. The Hall–Kier alpha value is -2.49. The Bertz CT molecular complexity index is 1490. The van der Waals surface area contributed by atoms with Crippen molar-refractivity contribution < 1.29 is 18.0 Å². The third-order valence-corrected chi connectivity index (χ3v) is 9.46. The number of benzene rings is 3. The van der Waals surface area contributed by atoms with E-state index in [4.69, 9.17) is 46.4 Å². The van der Waals surface area contributed by atoms with Crippen molar-refractivity contribution >= 4 is 73.9 Å². The Kier molecular flexibility index (Phi) is 11.1. The SMILES string of the molecule is CS(=O)(=O)N(CC(=O)N(Cc1c(Cl)cccc1Cl)[C@H](Cc1ccccc1)C(=O)NC1CCCC1)c1cc(Cl)cc(Cl)c1. The van der Waals surface area contributed by atoms with Crippen molar-refractivity contribution in [2.24, 2.45) is 0 Å². The molecular formula is C30H31Cl4N3O4S. The summed E-state index contributed by atoms with van der Waals surface area (Å²) >= 11 is 25.4. The first-order valence-electron chi connectivity index (χ1n) is 13.4. The molecule has 0 unspecified atom stereocenters. The van der Waals surface area contributed by atoms with Crippen molar-refractivity contribution in [1.29, 1.82) is 0 Å². The average molecular weight is 671 g/mol. The predicted molar refractivity (Wildman–Crippen MR) is 170 cm³/mol. The van der Waals surface area contributed by atoms with E-state index in [0.717, 1.165) is 41.8 Å². The summed E-state index contributed by atoms with van der Waals surface area (Å²) in [6.07, 6.45) is 4.90. The molecule has 0 radical (unpaired) electrons. The quantitative estimate of drug-likeness (QED) is 0.244. The van der Waals surface area contributed by atoms with Gasteiger partial charge in [-0.05, 0) is 48.7 Å². The largest absolute Gasteiger partial charge is 0.352 e. The Morgan fingerprint density at radius 2 is 1.50 bits per heavy atom. The monoisotopic (exact) mass is 669 g/mol. The van der Waals surface area contributed by atoms with Crippen molar-refractivity contribution in [3.8, 4) is 0 Å². The molecule has 3 aromatic rings. The van der Waals surface area contributed by atoms with Gasteiger partial charge in [0.1, 0.15) is 12.6 Å². The van der Waals surface area contributed by atoms with E-state index in [1.807, 2.05) is 30.3 Å². The first-order chi connectivity index (χ1) is 19.9. The maximum atomic E-state index is 14.2. The highest BCUT2D eigenvalue weighted by Crippen LogP contribution is 2.30. The predicted octanol–water partition coefficient (Wildman–Crippen LogP) is 6.77. The normalized spacial score (nSPS) is 14.4. The van der Waals surface area contributed by atoms with E-state index in [1.54, 1.807) is 18.2 Å². The van der Waals surface area contributed by atoms with Crippen molar-refractivity contribution in [1.82, 2.24) is 10.2 Å². The molecule has 3 aromatic carbocycles. The molecule has 2 amide bonds. The van der Waals surface area contributed by atoms with Gasteiger partial charge in [-0.15, -0.1) is 0 Å². The summed E-state index contributed by atoms with van der Waals surface area (Å²) in [4.78, 5) is 29.5. The van der Waals surface area contributed by atoms with Gasteiger partial charge in [0, 0.05) is 44.7 Å². The first kappa shape index (κ1) is 32.4. The third kappa shape index (κ3) is 8.54. The summed E-state index contributed by atoms with van der Waals surface area (Å²) < 4.78 is 26.8. The highest BCUT2D eigenvalue weighted by Gasteiger charge is 2.35. The standard InChI is InChI=1S/C30H31Cl4N3O4S/c1-42(40,41)37(24-16-21(31)15-22(32)17-24)19-29(38)36(18-25-26(33)12-7-13-27(25)34)28(14-20-8-3-2-4-9-20)30(39)35-23-10-5-6-11-23/h2-4,7-9,12-13,15-17,23,28H,5-6,10-11,14,18-19H2,1H3,(H,35,39)/t28-/m1/s1. The topological polar surface area (TPSA) is 86.8 Å². The van der Waals surface area contributed by atoms with Gasteiger partial charge < -0.3 is 10.2 Å². The van der Waals surface area contributed by atoms with Crippen LogP contribution < -0.4 is 9.62 Å². The van der Waals surface area contributed by atoms with Gasteiger partial charge in [-0.25, -0.2) is 8.42 Å². The molecule has 7 nitrogen and oxygen atoms in total. The molecule has 1 aliphatic carbocycles. The fourth-order valence-electron chi connectivity index (χ4n) is 5.07. The average Bonchev–Trinajstić information content (AvgIpc) is 3.43. The number of halogens is 4. The lowest BCUT2D eigenvalue weighted by Gasteiger charge is -2.34. The van der Waals surface area contributed by atoms with Crippen molar-refractivity contribution in [2.75, 3.05) is 17.1 Å². The van der Waals surface area contributed by atoms with Crippen LogP contribution in [0.4, 0.5) is 5.69 Å². The van der Waals surface area contributed by atoms with E-state index in [1.165, 1.54) is 23.1 Å². The molecule has 1 fully saturated rings. The lowest BCUT2D eigenvalue weighted by atomic mass is 10.0. The van der Waals surface area contributed by atoms with E-state index < -0.39 is 28.5 Å². The molecule has 1 saturated carbocycles. The number of sulfonamides is 1. The minimum atomic E-state index is -3.98. The summed E-state index contributed by atoms with van der Waals surface area (Å²) in [6.45, 7) is -0.736. The second-order valence-corrected chi connectivity index (χ2v) is 13.9. The van der Waals surface area contributed by atoms with Gasteiger partial charge in [-0.1, -0.05) is 95.6 Å². The van der Waals surface area contributed by atoms with Crippen LogP contribution in [0.1, 0.15) is 36.8 Å². The van der Waals surface area contributed by atoms with Crippen molar-refractivity contribution in [3.63, 3.8) is 0 Å². The summed E-state index contributed by atoms with van der Waals surface area (Å²) in [7, 11) is -3.98. The van der Waals surface area contributed by atoms with Crippen LogP contribution in [-0.2, 0) is 32.6 Å². The summed E-state index contributed by atoms with van der Waals surface area (Å²) in [5, 5.41) is 4.16. The molecule has 0 saturated heterocycles. The van der Waals surface area contributed by atoms with Crippen LogP contribution in [-0.4, -0.2) is 50.0 Å². The number of anilines is 1. The van der Waals surface area contributed by atoms with Gasteiger partial charge in [-0.2, -0.15) is 0 Å². The molecule has 0 heterocycles. The van der Waals surface area contributed by atoms with Crippen LogP contribution in [0.3, 0.4) is 0 Å². The van der Waals surface area contributed by atoms with Gasteiger partial charge in [0.2, 0.25) is 21.8 Å². The van der Waals surface area contributed by atoms with Gasteiger partial charge in [0.05, 0.1) is 11.9 Å². The molecule has 0 bridgehead atoms. The number of hydrogen-bond acceptors (Lipinski definition) is 4. The number of hydrogen-bond donors (Lipinski definition) is 1. The number of carbonyl (C=O) groups is 2. The highest BCUT2D eigenvalue weighted by molar-refractivity contribution is 7.92. The lowest BCUT2D eigenvalue weighted by molar-refractivity contribution is -0.140. The maximum absolute atomic E-state index is 14.2. The van der Waals surface area contributed by atoms with Crippen LogP contribution in [0, 0.1) is 0 Å². The smallest absolute Gasteiger partial charge is 0.244 e. The Morgan fingerprint density at radius 1 is 0.905 bits per heavy atom. The van der Waals surface area contributed by atoms with Gasteiger partial charge >= 0.3 is 0 Å². The van der Waals surface area contributed by atoms with Crippen LogP contribution >= 0.6 is 46.4 Å². The number of amides is 2. The molecule has 0 spiro atoms. The van der Waals surface area contributed by atoms with Gasteiger partial charge in [-0.3, -0.25) is 13.9 Å². The second kappa shape index (κ2) is 14.3. The van der Waals surface area contributed by atoms with E-state index in [2.05, 4.69) is 5.32 Å². The number of nitrogens with zero attached hydrogens (tertiary/aromatic N) is 2. The summed E-state index contributed by atoms with van der Waals surface area (Å²) in [5.41, 5.74) is 1.39. The van der Waals surface area contributed by atoms with Crippen LogP contribution in [0.2, 0.25) is 20.1 Å². The van der Waals surface area contributed by atoms with Crippen LogP contribution in [0.15, 0.2) is 66.7 Å². The van der Waals surface area contributed by atoms with Crippen molar-refractivity contribution in [3.05, 3.63) is 97.9 Å². The first-order valence-corrected chi connectivity index (χ1v) is 16.8. The molecule has 0 aliphatic heterocycles. The molecule has 42 heavy (non-hydrogen) atoms. The molecule has 12 heteroatoms. The fraction of sp³-hybridized carbons (Fsp3) is 0.333. The van der Waals surface area contributed by atoms with Crippen LogP contribution in [0.25, 0.3) is 0 Å². The van der Waals surface area contributed by atoms with Gasteiger partial charge in [0.25, 0.3) is 0 Å². The number of carbonyl (C=O) groups excluding carboxylic acids is 2. The molecule has 4 rings (SSSR count). The minimum Gasteiger partial charge on any atom is -0.352 e. The number of nitrogens with one attached hydrogen (secondary N) is 1. The van der Waals surface area contributed by atoms with E-state index in [9.17, 15) is 18.0 Å². The Morgan fingerprint density at radius 3 is 2.07 bits per heavy atom. The maximum Gasteiger partial charge on any atom is 0.244 e. The van der Waals surface area contributed by atoms with Gasteiger partial charge in [0.15, 0.2) is 0 Å². The molecule has 224 valence electrons. The third-order valence-electron chi connectivity index (χ3n) is 7.18. The van der Waals surface area contributed by atoms with E-state index >= 15 is 0 Å². The van der Waals surface area contributed by atoms with E-state index in [-0.39, 0.29) is 40.6 Å². The summed E-state index contributed by atoms with van der Waals surface area (Å²) in [5.74, 6) is -0.964. The Labute approximate surface area is 266 Å². The molecule has 1 aliphatic rings. The molecule has 0 aromatic heterocycles. The zero-order valence-electron chi connectivity index (χ0n) is 22.9. The fourth-order valence-corrected chi connectivity index (χ4v) is 6.94. The minimum absolute atomic E-state index is 0.00209. The highest BCUT2D eigenvalue weighted by atomic mass is 35.5. The molecule has 1 atom stereocenters. The van der Waals surface area contributed by atoms with E-state index in [0.29, 0.717) is 15.6 Å². The zero-order valence-corrected chi connectivity index (χ0v) is 26.7. The molecular weight excluding hydrogens is 640 g/mol. The number of rotatable bonds is 11. The molecule has 1 N–H and O–H groups in total. The van der Waals surface area contributed by atoms with Crippen molar-refractivity contribution in [2.45, 2.75) is 50.7 Å².